The third-order valence-corrected chi connectivity index (χ3v) is 6.71. The van der Waals surface area contributed by atoms with Crippen LogP contribution in [0.25, 0.3) is 0 Å². The van der Waals surface area contributed by atoms with Gasteiger partial charge in [-0.2, -0.15) is 0 Å². The number of piperazine rings is 1. The average Bonchev–Trinajstić information content (AvgIpc) is 2.90. The van der Waals surface area contributed by atoms with E-state index < -0.39 is 0 Å². The first kappa shape index (κ1) is 22.9. The number of hydrogen-bond donors (Lipinski definition) is 0. The number of amides is 2. The molecule has 0 N–H and O–H groups in total. The second-order valence-corrected chi connectivity index (χ2v) is 8.84. The van der Waals surface area contributed by atoms with Crippen molar-refractivity contribution in [2.75, 3.05) is 44.2 Å². The fourth-order valence-electron chi connectivity index (χ4n) is 4.74. The Morgan fingerprint density at radius 3 is 2.37 bits per heavy atom. The number of halogens is 1. The molecule has 2 aliphatic rings. The van der Waals surface area contributed by atoms with E-state index in [4.69, 9.17) is 4.74 Å². The van der Waals surface area contributed by atoms with Gasteiger partial charge in [0, 0.05) is 61.6 Å². The van der Waals surface area contributed by atoms with E-state index >= 15 is 0 Å². The standard InChI is InChI=1S/C28H28FN3O3/c29-25-11-5-4-7-21(25)19-32-14-13-23-24(28(32)34)10-6-12-26(23)35-20-27(33)31-17-15-30(16-18-31)22-8-2-1-3-9-22/h1-12H,13-20H2. The minimum atomic E-state index is -0.314. The molecule has 7 heteroatoms. The highest BCUT2D eigenvalue weighted by Gasteiger charge is 2.28. The summed E-state index contributed by atoms with van der Waals surface area (Å²) in [6.07, 6.45) is 0.593. The molecule has 0 unspecified atom stereocenters. The quantitative estimate of drug-likeness (QED) is 0.547. The Balaban J connectivity index is 1.19. The predicted octanol–water partition coefficient (Wildman–Crippen LogP) is 3.75. The van der Waals surface area contributed by atoms with Crippen LogP contribution in [0.5, 0.6) is 5.75 Å². The number of para-hydroxylation sites is 1. The lowest BCUT2D eigenvalue weighted by molar-refractivity contribution is -0.133. The van der Waals surface area contributed by atoms with Gasteiger partial charge in [0.25, 0.3) is 11.8 Å². The second kappa shape index (κ2) is 10.2. The molecule has 0 saturated carbocycles. The van der Waals surface area contributed by atoms with E-state index in [1.807, 2.05) is 23.1 Å². The summed E-state index contributed by atoms with van der Waals surface area (Å²) < 4.78 is 20.0. The van der Waals surface area contributed by atoms with Crippen LogP contribution < -0.4 is 9.64 Å². The van der Waals surface area contributed by atoms with E-state index in [2.05, 4.69) is 17.0 Å². The molecule has 5 rings (SSSR count). The molecule has 0 radical (unpaired) electrons. The molecule has 1 fully saturated rings. The van der Waals surface area contributed by atoms with Crippen LogP contribution >= 0.6 is 0 Å². The summed E-state index contributed by atoms with van der Waals surface area (Å²) in [6.45, 7) is 3.49. The zero-order valence-corrected chi connectivity index (χ0v) is 19.5. The largest absolute Gasteiger partial charge is 0.483 e. The Labute approximate surface area is 204 Å². The van der Waals surface area contributed by atoms with Gasteiger partial charge in [-0.15, -0.1) is 0 Å². The maximum atomic E-state index is 14.1. The van der Waals surface area contributed by atoms with Crippen molar-refractivity contribution in [1.82, 2.24) is 9.80 Å². The lowest BCUT2D eigenvalue weighted by atomic mass is 9.97. The molecule has 0 spiro atoms. The smallest absolute Gasteiger partial charge is 0.260 e. The van der Waals surface area contributed by atoms with Gasteiger partial charge in [0.05, 0.1) is 0 Å². The summed E-state index contributed by atoms with van der Waals surface area (Å²) in [7, 11) is 0. The molecule has 0 atom stereocenters. The van der Waals surface area contributed by atoms with Crippen molar-refractivity contribution in [1.29, 1.82) is 0 Å². The van der Waals surface area contributed by atoms with Crippen LogP contribution in [0.1, 0.15) is 21.5 Å². The third-order valence-electron chi connectivity index (χ3n) is 6.71. The maximum absolute atomic E-state index is 14.1. The summed E-state index contributed by atoms with van der Waals surface area (Å²) >= 11 is 0. The Kier molecular flexibility index (Phi) is 6.66. The first-order valence-electron chi connectivity index (χ1n) is 12.0. The van der Waals surface area contributed by atoms with E-state index in [1.54, 1.807) is 41.3 Å². The van der Waals surface area contributed by atoms with Crippen molar-refractivity contribution in [2.24, 2.45) is 0 Å². The number of rotatable bonds is 6. The first-order chi connectivity index (χ1) is 17.1. The Morgan fingerprint density at radius 2 is 1.60 bits per heavy atom. The van der Waals surface area contributed by atoms with Gasteiger partial charge in [0.2, 0.25) is 0 Å². The molecule has 2 amide bonds. The first-order valence-corrected chi connectivity index (χ1v) is 12.0. The number of nitrogens with zero attached hydrogens (tertiary/aromatic N) is 3. The van der Waals surface area contributed by atoms with Gasteiger partial charge >= 0.3 is 0 Å². The lowest BCUT2D eigenvalue weighted by Crippen LogP contribution is -2.50. The lowest BCUT2D eigenvalue weighted by Gasteiger charge is -2.36. The zero-order valence-electron chi connectivity index (χ0n) is 19.5. The van der Waals surface area contributed by atoms with Crippen molar-refractivity contribution in [3.63, 3.8) is 0 Å². The summed E-state index contributed by atoms with van der Waals surface area (Å²) in [4.78, 5) is 31.7. The van der Waals surface area contributed by atoms with Crippen molar-refractivity contribution >= 4 is 17.5 Å². The minimum absolute atomic E-state index is 0.0568. The minimum Gasteiger partial charge on any atom is -0.483 e. The number of carbonyl (C=O) groups is 2. The summed E-state index contributed by atoms with van der Waals surface area (Å²) in [5.74, 6) is 0.0471. The third kappa shape index (κ3) is 4.99. The molecule has 2 aliphatic heterocycles. The Bertz CT molecular complexity index is 1210. The fraction of sp³-hybridized carbons (Fsp3) is 0.286. The number of benzene rings is 3. The highest BCUT2D eigenvalue weighted by molar-refractivity contribution is 5.97. The average molecular weight is 474 g/mol. The summed E-state index contributed by atoms with van der Waals surface area (Å²) in [6, 6.07) is 22.0. The normalized spacial score (nSPS) is 15.7. The SMILES string of the molecule is O=C(COc1cccc2c1CCN(Cc1ccccc1F)C2=O)N1CCN(c2ccccc2)CC1. The van der Waals surface area contributed by atoms with Gasteiger partial charge in [0.15, 0.2) is 6.61 Å². The number of carbonyl (C=O) groups excluding carboxylic acids is 2. The summed E-state index contributed by atoms with van der Waals surface area (Å²) in [5.41, 5.74) is 3.02. The van der Waals surface area contributed by atoms with Gasteiger partial charge in [-0.25, -0.2) is 4.39 Å². The van der Waals surface area contributed by atoms with E-state index in [1.165, 1.54) is 11.8 Å². The molecular weight excluding hydrogens is 445 g/mol. The number of ether oxygens (including phenoxy) is 1. The molecule has 0 aliphatic carbocycles. The van der Waals surface area contributed by atoms with Crippen LogP contribution in [-0.2, 0) is 17.8 Å². The molecular formula is C28H28FN3O3. The van der Waals surface area contributed by atoms with Gasteiger partial charge in [-0.3, -0.25) is 9.59 Å². The molecule has 3 aromatic carbocycles. The van der Waals surface area contributed by atoms with Gasteiger partial charge in [0.1, 0.15) is 11.6 Å². The van der Waals surface area contributed by atoms with Crippen LogP contribution in [0.2, 0.25) is 0 Å². The highest BCUT2D eigenvalue weighted by Crippen LogP contribution is 2.29. The Morgan fingerprint density at radius 1 is 0.857 bits per heavy atom. The van der Waals surface area contributed by atoms with Crippen molar-refractivity contribution < 1.29 is 18.7 Å². The van der Waals surface area contributed by atoms with Crippen molar-refractivity contribution in [2.45, 2.75) is 13.0 Å². The number of fused-ring (bicyclic) bond motifs is 1. The van der Waals surface area contributed by atoms with Crippen LogP contribution in [0.3, 0.4) is 0 Å². The van der Waals surface area contributed by atoms with Crippen molar-refractivity contribution in [3.8, 4) is 5.75 Å². The molecule has 6 nitrogen and oxygen atoms in total. The van der Waals surface area contributed by atoms with Crippen LogP contribution in [0.15, 0.2) is 72.8 Å². The molecule has 0 aromatic heterocycles. The zero-order chi connectivity index (χ0) is 24.2. The van der Waals surface area contributed by atoms with Crippen molar-refractivity contribution in [3.05, 3.63) is 95.3 Å². The van der Waals surface area contributed by atoms with Crippen LogP contribution in [-0.4, -0.2) is 60.9 Å². The molecule has 180 valence electrons. The molecule has 35 heavy (non-hydrogen) atoms. The Hall–Kier alpha value is -3.87. The predicted molar refractivity (Wildman–Crippen MR) is 132 cm³/mol. The van der Waals surface area contributed by atoms with E-state index in [0.29, 0.717) is 42.9 Å². The van der Waals surface area contributed by atoms with Gasteiger partial charge in [-0.1, -0.05) is 42.5 Å². The van der Waals surface area contributed by atoms with Gasteiger partial charge < -0.3 is 19.4 Å². The molecule has 1 saturated heterocycles. The van der Waals surface area contributed by atoms with E-state index in [0.717, 1.165) is 18.7 Å². The monoisotopic (exact) mass is 473 g/mol. The van der Waals surface area contributed by atoms with Crippen LogP contribution in [0, 0.1) is 5.82 Å². The molecule has 2 heterocycles. The topological polar surface area (TPSA) is 53.1 Å². The van der Waals surface area contributed by atoms with Gasteiger partial charge in [-0.05, 0) is 36.8 Å². The fourth-order valence-corrected chi connectivity index (χ4v) is 4.74. The molecule has 3 aromatic rings. The van der Waals surface area contributed by atoms with E-state index in [9.17, 15) is 14.0 Å². The van der Waals surface area contributed by atoms with Crippen LogP contribution in [0.4, 0.5) is 10.1 Å². The highest BCUT2D eigenvalue weighted by atomic mass is 19.1. The number of hydrogen-bond acceptors (Lipinski definition) is 4. The maximum Gasteiger partial charge on any atom is 0.260 e. The second-order valence-electron chi connectivity index (χ2n) is 8.84. The summed E-state index contributed by atoms with van der Waals surface area (Å²) in [5, 5.41) is 0. The number of anilines is 1. The molecule has 0 bridgehead atoms. The van der Waals surface area contributed by atoms with E-state index in [-0.39, 0.29) is 30.8 Å².